The highest BCUT2D eigenvalue weighted by atomic mass is 32.2. The van der Waals surface area contributed by atoms with Gasteiger partial charge in [0, 0.05) is 5.25 Å². The molecule has 2 nitrogen and oxygen atoms in total. The van der Waals surface area contributed by atoms with Gasteiger partial charge in [0.2, 0.25) is 0 Å². The maximum Gasteiger partial charge on any atom is 0.0955 e. The first-order valence-electron chi connectivity index (χ1n) is 4.16. The first-order valence-corrected chi connectivity index (χ1v) is 5.21. The summed E-state index contributed by atoms with van der Waals surface area (Å²) in [5.41, 5.74) is -0.148. The Hall–Kier alpha value is 0.270. The summed E-state index contributed by atoms with van der Waals surface area (Å²) in [6, 6.07) is 0. The number of rotatable bonds is 2. The molecule has 0 aromatic rings. The Morgan fingerprint density at radius 3 is 2.64 bits per heavy atom. The molecule has 0 amide bonds. The van der Waals surface area contributed by atoms with Gasteiger partial charge in [-0.25, -0.2) is 5.90 Å². The summed E-state index contributed by atoms with van der Waals surface area (Å²) in [6.45, 7) is 4.13. The van der Waals surface area contributed by atoms with E-state index in [0.717, 1.165) is 0 Å². The zero-order valence-corrected chi connectivity index (χ0v) is 8.12. The quantitative estimate of drug-likeness (QED) is 0.651. The highest BCUT2D eigenvalue weighted by Gasteiger charge is 2.31. The van der Waals surface area contributed by atoms with Crippen molar-refractivity contribution in [2.45, 2.75) is 44.0 Å². The average Bonchev–Trinajstić information content (AvgIpc) is 2.06. The molecule has 1 atom stereocenters. The molecule has 11 heavy (non-hydrogen) atoms. The van der Waals surface area contributed by atoms with Crippen LogP contribution < -0.4 is 5.90 Å². The minimum absolute atomic E-state index is 0.148. The lowest BCUT2D eigenvalue weighted by molar-refractivity contribution is -0.0226. The van der Waals surface area contributed by atoms with E-state index in [1.807, 2.05) is 11.8 Å². The summed E-state index contributed by atoms with van der Waals surface area (Å²) in [5.74, 6) is 6.49. The second-order valence-electron chi connectivity index (χ2n) is 3.58. The van der Waals surface area contributed by atoms with Gasteiger partial charge in [-0.3, -0.25) is 4.84 Å². The third-order valence-corrected chi connectivity index (χ3v) is 3.99. The van der Waals surface area contributed by atoms with Crippen LogP contribution in [0.15, 0.2) is 0 Å². The number of hydrogen-bond donors (Lipinski definition) is 1. The molecular weight excluding hydrogens is 158 g/mol. The normalized spacial score (nSPS) is 27.0. The van der Waals surface area contributed by atoms with Crippen molar-refractivity contribution in [1.29, 1.82) is 0 Å². The van der Waals surface area contributed by atoms with E-state index >= 15 is 0 Å². The lowest BCUT2D eigenvalue weighted by Crippen LogP contribution is -2.40. The monoisotopic (exact) mass is 175 g/mol. The van der Waals surface area contributed by atoms with Crippen LogP contribution in [0.2, 0.25) is 0 Å². The first-order chi connectivity index (χ1) is 5.17. The lowest BCUT2D eigenvalue weighted by atomic mass is 9.99. The Labute approximate surface area is 72.8 Å². The summed E-state index contributed by atoms with van der Waals surface area (Å²) >= 11 is 1.99. The van der Waals surface area contributed by atoms with Gasteiger partial charge in [0.25, 0.3) is 0 Å². The SMILES string of the molecule is CC(C)(ON)C1CCCCS1. The van der Waals surface area contributed by atoms with Crippen LogP contribution in [0.1, 0.15) is 33.1 Å². The molecule has 3 heteroatoms. The predicted molar refractivity (Wildman–Crippen MR) is 49.4 cm³/mol. The van der Waals surface area contributed by atoms with Gasteiger partial charge in [-0.2, -0.15) is 11.8 Å². The maximum absolute atomic E-state index is 5.22. The van der Waals surface area contributed by atoms with E-state index in [1.165, 1.54) is 25.0 Å². The summed E-state index contributed by atoms with van der Waals surface area (Å²) < 4.78 is 0. The predicted octanol–water partition coefficient (Wildman–Crippen LogP) is 1.94. The Kier molecular flexibility index (Phi) is 3.22. The molecule has 1 saturated heterocycles. The van der Waals surface area contributed by atoms with Gasteiger partial charge in [-0.05, 0) is 32.4 Å². The van der Waals surface area contributed by atoms with Crippen molar-refractivity contribution < 1.29 is 4.84 Å². The topological polar surface area (TPSA) is 35.2 Å². The van der Waals surface area contributed by atoms with E-state index in [9.17, 15) is 0 Å². The van der Waals surface area contributed by atoms with Gasteiger partial charge < -0.3 is 0 Å². The minimum Gasteiger partial charge on any atom is -0.297 e. The zero-order valence-electron chi connectivity index (χ0n) is 7.30. The maximum atomic E-state index is 5.22. The van der Waals surface area contributed by atoms with Gasteiger partial charge >= 0.3 is 0 Å². The third kappa shape index (κ3) is 2.36. The van der Waals surface area contributed by atoms with E-state index in [0.29, 0.717) is 5.25 Å². The van der Waals surface area contributed by atoms with E-state index < -0.39 is 0 Å². The van der Waals surface area contributed by atoms with Crippen molar-refractivity contribution in [3.63, 3.8) is 0 Å². The second kappa shape index (κ2) is 3.78. The Morgan fingerprint density at radius 1 is 1.45 bits per heavy atom. The second-order valence-corrected chi connectivity index (χ2v) is 4.89. The molecule has 1 rings (SSSR count). The molecule has 1 heterocycles. The minimum atomic E-state index is -0.148. The highest BCUT2D eigenvalue weighted by Crippen LogP contribution is 2.33. The molecule has 1 aliphatic heterocycles. The third-order valence-electron chi connectivity index (χ3n) is 2.26. The molecule has 0 aliphatic carbocycles. The van der Waals surface area contributed by atoms with Gasteiger partial charge in [-0.1, -0.05) is 6.42 Å². The van der Waals surface area contributed by atoms with E-state index in [-0.39, 0.29) is 5.60 Å². The van der Waals surface area contributed by atoms with Crippen molar-refractivity contribution in [1.82, 2.24) is 0 Å². The molecule has 0 spiro atoms. The molecule has 66 valence electrons. The van der Waals surface area contributed by atoms with Crippen molar-refractivity contribution in [3.05, 3.63) is 0 Å². The summed E-state index contributed by atoms with van der Waals surface area (Å²) in [6.07, 6.45) is 3.92. The molecule has 2 N–H and O–H groups in total. The molecule has 0 aromatic carbocycles. The fraction of sp³-hybridized carbons (Fsp3) is 1.00. The van der Waals surface area contributed by atoms with Crippen LogP contribution >= 0.6 is 11.8 Å². The van der Waals surface area contributed by atoms with E-state index in [1.54, 1.807) is 0 Å². The van der Waals surface area contributed by atoms with Crippen LogP contribution in [0.5, 0.6) is 0 Å². The summed E-state index contributed by atoms with van der Waals surface area (Å²) in [4.78, 5) is 4.96. The molecule has 0 saturated carbocycles. The van der Waals surface area contributed by atoms with Crippen LogP contribution in [0.25, 0.3) is 0 Å². The summed E-state index contributed by atoms with van der Waals surface area (Å²) in [5, 5.41) is 0.584. The standard InChI is InChI=1S/C8H17NOS/c1-8(2,10-9)7-5-3-4-6-11-7/h7H,3-6,9H2,1-2H3. The average molecular weight is 175 g/mol. The Balaban J connectivity index is 2.43. The molecule has 1 aliphatic rings. The van der Waals surface area contributed by atoms with Crippen molar-refractivity contribution in [3.8, 4) is 0 Å². The smallest absolute Gasteiger partial charge is 0.0955 e. The summed E-state index contributed by atoms with van der Waals surface area (Å²) in [7, 11) is 0. The van der Waals surface area contributed by atoms with E-state index in [2.05, 4.69) is 13.8 Å². The van der Waals surface area contributed by atoms with Crippen LogP contribution in [0.4, 0.5) is 0 Å². The van der Waals surface area contributed by atoms with Gasteiger partial charge in [-0.15, -0.1) is 0 Å². The van der Waals surface area contributed by atoms with Crippen molar-refractivity contribution in [2.75, 3.05) is 5.75 Å². The molecule has 1 unspecified atom stereocenters. The van der Waals surface area contributed by atoms with Gasteiger partial charge in [0.1, 0.15) is 0 Å². The highest BCUT2D eigenvalue weighted by molar-refractivity contribution is 8.00. The molecule has 1 fully saturated rings. The fourth-order valence-corrected chi connectivity index (χ4v) is 2.81. The molecule has 0 aromatic heterocycles. The van der Waals surface area contributed by atoms with Gasteiger partial charge in [0.15, 0.2) is 0 Å². The molecule has 0 bridgehead atoms. The van der Waals surface area contributed by atoms with Gasteiger partial charge in [0.05, 0.1) is 5.60 Å². The van der Waals surface area contributed by atoms with Crippen LogP contribution in [0, 0.1) is 0 Å². The lowest BCUT2D eigenvalue weighted by Gasteiger charge is -2.34. The Morgan fingerprint density at radius 2 is 2.18 bits per heavy atom. The van der Waals surface area contributed by atoms with Crippen LogP contribution in [0.3, 0.4) is 0 Å². The molecular formula is C8H17NOS. The van der Waals surface area contributed by atoms with Crippen LogP contribution in [-0.4, -0.2) is 16.6 Å². The number of hydrogen-bond acceptors (Lipinski definition) is 3. The van der Waals surface area contributed by atoms with Crippen molar-refractivity contribution >= 4 is 11.8 Å². The zero-order chi connectivity index (χ0) is 8.32. The van der Waals surface area contributed by atoms with Crippen LogP contribution in [-0.2, 0) is 4.84 Å². The number of thioether (sulfide) groups is 1. The van der Waals surface area contributed by atoms with Crippen molar-refractivity contribution in [2.24, 2.45) is 5.90 Å². The Bertz CT molecular complexity index is 121. The molecule has 0 radical (unpaired) electrons. The van der Waals surface area contributed by atoms with E-state index in [4.69, 9.17) is 10.7 Å². The first kappa shape index (κ1) is 9.36. The number of nitrogens with two attached hydrogens (primary N) is 1. The fourth-order valence-electron chi connectivity index (χ4n) is 1.36. The largest absolute Gasteiger partial charge is 0.297 e.